The van der Waals surface area contributed by atoms with Gasteiger partial charge in [0.1, 0.15) is 23.9 Å². The van der Waals surface area contributed by atoms with Crippen molar-refractivity contribution >= 4 is 35.6 Å². The zero-order chi connectivity index (χ0) is 29.0. The van der Waals surface area contributed by atoms with Crippen LogP contribution in [-0.2, 0) is 35.2 Å². The second-order valence-electron chi connectivity index (χ2n) is 9.03. The first-order valence-electron chi connectivity index (χ1n) is 11.8. The van der Waals surface area contributed by atoms with Crippen LogP contribution in [0.25, 0.3) is 0 Å². The Bertz CT molecular complexity index is 1010. The van der Waals surface area contributed by atoms with Crippen molar-refractivity contribution in [2.24, 2.45) is 11.7 Å². The molecule has 0 spiro atoms. The number of benzene rings is 1. The van der Waals surface area contributed by atoms with Gasteiger partial charge in [-0.1, -0.05) is 26.0 Å². The van der Waals surface area contributed by atoms with Crippen LogP contribution in [0, 0.1) is 5.92 Å². The highest BCUT2D eigenvalue weighted by molar-refractivity contribution is 5.94. The largest absolute Gasteiger partial charge is 0.508 e. The number of amides is 3. The van der Waals surface area contributed by atoms with Crippen LogP contribution in [0.15, 0.2) is 24.3 Å². The Morgan fingerprint density at radius 1 is 0.763 bits per heavy atom. The lowest BCUT2D eigenvalue weighted by molar-refractivity contribution is -0.143. The van der Waals surface area contributed by atoms with Gasteiger partial charge in [0.25, 0.3) is 0 Å². The van der Waals surface area contributed by atoms with Gasteiger partial charge in [0, 0.05) is 19.3 Å². The van der Waals surface area contributed by atoms with Crippen molar-refractivity contribution in [3.05, 3.63) is 29.8 Å². The van der Waals surface area contributed by atoms with Crippen LogP contribution in [0.4, 0.5) is 0 Å². The van der Waals surface area contributed by atoms with Crippen LogP contribution < -0.4 is 21.7 Å². The van der Waals surface area contributed by atoms with E-state index >= 15 is 0 Å². The summed E-state index contributed by atoms with van der Waals surface area (Å²) >= 11 is 0. The second kappa shape index (κ2) is 15.1. The van der Waals surface area contributed by atoms with E-state index < -0.39 is 72.1 Å². The van der Waals surface area contributed by atoms with Crippen LogP contribution in [0.2, 0.25) is 0 Å². The molecule has 0 aliphatic rings. The van der Waals surface area contributed by atoms with Crippen molar-refractivity contribution in [1.82, 2.24) is 16.0 Å². The lowest BCUT2D eigenvalue weighted by Gasteiger charge is -2.27. The fourth-order valence-corrected chi connectivity index (χ4v) is 3.34. The molecule has 0 fully saturated rings. The van der Waals surface area contributed by atoms with Gasteiger partial charge >= 0.3 is 17.9 Å². The van der Waals surface area contributed by atoms with Gasteiger partial charge < -0.3 is 42.1 Å². The maximum atomic E-state index is 13.0. The number of phenolic OH excluding ortho intramolecular Hbond substituents is 1. The van der Waals surface area contributed by atoms with E-state index in [0.717, 1.165) is 0 Å². The van der Waals surface area contributed by atoms with Crippen LogP contribution >= 0.6 is 0 Å². The third kappa shape index (κ3) is 11.2. The van der Waals surface area contributed by atoms with Crippen molar-refractivity contribution in [3.63, 3.8) is 0 Å². The lowest BCUT2D eigenvalue weighted by Crippen LogP contribution is -2.58. The summed E-state index contributed by atoms with van der Waals surface area (Å²) in [6, 6.07) is 0.354. The van der Waals surface area contributed by atoms with Gasteiger partial charge in [-0.3, -0.25) is 24.0 Å². The first-order chi connectivity index (χ1) is 17.7. The minimum Gasteiger partial charge on any atom is -0.508 e. The number of carboxylic acids is 3. The number of carboxylic acid groups (broad SMARTS) is 3. The van der Waals surface area contributed by atoms with E-state index in [-0.39, 0.29) is 31.4 Å². The quantitative estimate of drug-likeness (QED) is 0.129. The van der Waals surface area contributed by atoms with Crippen LogP contribution in [0.5, 0.6) is 5.75 Å². The van der Waals surface area contributed by atoms with E-state index in [1.165, 1.54) is 24.3 Å². The number of hydrogen-bond donors (Lipinski definition) is 8. The van der Waals surface area contributed by atoms with Crippen molar-refractivity contribution in [2.45, 2.75) is 70.1 Å². The van der Waals surface area contributed by atoms with E-state index in [2.05, 4.69) is 16.0 Å². The highest BCUT2D eigenvalue weighted by Crippen LogP contribution is 2.12. The summed E-state index contributed by atoms with van der Waals surface area (Å²) in [6.45, 7) is 3.19. The van der Waals surface area contributed by atoms with E-state index in [4.69, 9.17) is 15.9 Å². The molecule has 210 valence electrons. The number of nitrogens with one attached hydrogen (secondary N) is 3. The van der Waals surface area contributed by atoms with Gasteiger partial charge in [0.15, 0.2) is 0 Å². The summed E-state index contributed by atoms with van der Waals surface area (Å²) in [5.41, 5.74) is 6.18. The normalized spacial score (nSPS) is 14.0. The zero-order valence-electron chi connectivity index (χ0n) is 21.0. The van der Waals surface area contributed by atoms with Gasteiger partial charge in [-0.2, -0.15) is 0 Å². The summed E-state index contributed by atoms with van der Waals surface area (Å²) in [7, 11) is 0. The average molecular weight is 539 g/mol. The number of carbonyl (C=O) groups is 6. The predicted molar refractivity (Wildman–Crippen MR) is 132 cm³/mol. The maximum Gasteiger partial charge on any atom is 0.326 e. The number of phenols is 1. The van der Waals surface area contributed by atoms with Crippen LogP contribution in [-0.4, -0.2) is 80.2 Å². The Morgan fingerprint density at radius 3 is 1.79 bits per heavy atom. The molecule has 4 atom stereocenters. The summed E-state index contributed by atoms with van der Waals surface area (Å²) in [6.07, 6.45) is -1.57. The molecule has 3 amide bonds. The van der Waals surface area contributed by atoms with Gasteiger partial charge in [-0.25, -0.2) is 4.79 Å². The predicted octanol–water partition coefficient (Wildman–Crippen LogP) is -0.813. The first-order valence-corrected chi connectivity index (χ1v) is 11.8. The van der Waals surface area contributed by atoms with Gasteiger partial charge in [-0.05, 0) is 36.5 Å². The van der Waals surface area contributed by atoms with Crippen molar-refractivity contribution in [2.75, 3.05) is 0 Å². The first kappa shape index (κ1) is 31.8. The Balaban J connectivity index is 3.00. The molecule has 0 aromatic heterocycles. The third-order valence-electron chi connectivity index (χ3n) is 5.52. The highest BCUT2D eigenvalue weighted by Gasteiger charge is 2.32. The standard InChI is InChI=1S/C24H34N4O10/c1-12(2)20(28-21(34)15(25)7-9-18(30)31)23(36)26-16(8-10-19(32)33)22(35)27-17(24(37)38)11-13-3-5-14(29)6-4-13/h3-6,12,15-17,20,29H,7-11,25H2,1-2H3,(H,26,36)(H,27,35)(H,28,34)(H,30,31)(H,32,33)(H,37,38). The summed E-state index contributed by atoms with van der Waals surface area (Å²) < 4.78 is 0. The minimum absolute atomic E-state index is 0.0317. The highest BCUT2D eigenvalue weighted by atomic mass is 16.4. The van der Waals surface area contributed by atoms with Crippen LogP contribution in [0.3, 0.4) is 0 Å². The molecule has 0 bridgehead atoms. The third-order valence-corrected chi connectivity index (χ3v) is 5.52. The van der Waals surface area contributed by atoms with E-state index in [1.54, 1.807) is 13.8 Å². The van der Waals surface area contributed by atoms with E-state index in [1.807, 2.05) is 0 Å². The van der Waals surface area contributed by atoms with Crippen molar-refractivity contribution in [1.29, 1.82) is 0 Å². The smallest absolute Gasteiger partial charge is 0.326 e. The monoisotopic (exact) mass is 538 g/mol. The van der Waals surface area contributed by atoms with Gasteiger partial charge in [0.2, 0.25) is 17.7 Å². The number of aromatic hydroxyl groups is 1. The molecule has 1 aromatic rings. The molecule has 38 heavy (non-hydrogen) atoms. The molecule has 9 N–H and O–H groups in total. The second-order valence-corrected chi connectivity index (χ2v) is 9.03. The molecule has 0 heterocycles. The number of carbonyl (C=O) groups excluding carboxylic acids is 3. The topological polar surface area (TPSA) is 245 Å². The molecule has 0 radical (unpaired) electrons. The molecule has 14 heteroatoms. The number of nitrogens with two attached hydrogens (primary N) is 1. The Morgan fingerprint density at radius 2 is 1.29 bits per heavy atom. The van der Waals surface area contributed by atoms with Crippen molar-refractivity contribution < 1.29 is 49.2 Å². The molecule has 0 aliphatic heterocycles. The summed E-state index contributed by atoms with van der Waals surface area (Å²) in [5.74, 6) is -6.89. The molecule has 1 aromatic carbocycles. The number of aliphatic carboxylic acids is 3. The van der Waals surface area contributed by atoms with E-state index in [0.29, 0.717) is 5.56 Å². The Hall–Kier alpha value is -4.20. The molecule has 0 aliphatic carbocycles. The van der Waals surface area contributed by atoms with E-state index in [9.17, 15) is 39.0 Å². The summed E-state index contributed by atoms with van der Waals surface area (Å²) in [5, 5.41) is 43.9. The number of rotatable bonds is 16. The fraction of sp³-hybridized carbons (Fsp3) is 0.500. The molecule has 0 saturated heterocycles. The van der Waals surface area contributed by atoms with Gasteiger partial charge in [-0.15, -0.1) is 0 Å². The zero-order valence-corrected chi connectivity index (χ0v) is 21.0. The Labute approximate surface area is 218 Å². The molecule has 14 nitrogen and oxygen atoms in total. The molecule has 1 rings (SSSR count). The fourth-order valence-electron chi connectivity index (χ4n) is 3.34. The number of hydrogen-bond acceptors (Lipinski definition) is 8. The Kier molecular flexibility index (Phi) is 12.7. The average Bonchev–Trinajstić information content (AvgIpc) is 2.83. The molecule has 0 saturated carbocycles. The molecule has 4 unspecified atom stereocenters. The van der Waals surface area contributed by atoms with Crippen LogP contribution in [0.1, 0.15) is 45.1 Å². The summed E-state index contributed by atoms with van der Waals surface area (Å²) in [4.78, 5) is 71.9. The maximum absolute atomic E-state index is 13.0. The lowest BCUT2D eigenvalue weighted by atomic mass is 10.0. The minimum atomic E-state index is -1.45. The van der Waals surface area contributed by atoms with Gasteiger partial charge in [0.05, 0.1) is 6.04 Å². The van der Waals surface area contributed by atoms with Crippen molar-refractivity contribution in [3.8, 4) is 5.75 Å². The SMILES string of the molecule is CC(C)C(NC(=O)C(N)CCC(=O)O)C(=O)NC(CCC(=O)O)C(=O)NC(Cc1ccc(O)cc1)C(=O)O. The molecular weight excluding hydrogens is 504 g/mol. The molecular formula is C24H34N4O10.